The monoisotopic (exact) mass is 274 g/mol. The Morgan fingerprint density at radius 2 is 1.60 bits per heavy atom. The zero-order valence-electron chi connectivity index (χ0n) is 12.8. The van der Waals surface area contributed by atoms with Gasteiger partial charge in [0.1, 0.15) is 0 Å². The number of fused-ring (bicyclic) bond motifs is 1. The summed E-state index contributed by atoms with van der Waals surface area (Å²) in [6.45, 7) is 5.92. The normalized spacial score (nSPS) is 13.1. The van der Waals surface area contributed by atoms with Gasteiger partial charge in [-0.15, -0.1) is 0 Å². The molecule has 0 saturated carbocycles. The summed E-state index contributed by atoms with van der Waals surface area (Å²) in [6.07, 6.45) is 10.9. The van der Waals surface area contributed by atoms with E-state index in [1.807, 2.05) is 0 Å². The van der Waals surface area contributed by atoms with Crippen LogP contribution in [0, 0.1) is 0 Å². The number of unbranched alkanes of at least 4 members (excludes halogenated alkanes) is 2. The maximum Gasteiger partial charge on any atom is 0.164 e. The maximum atomic E-state index is 6.05. The third kappa shape index (κ3) is 3.78. The number of ether oxygens (including phenoxy) is 2. The van der Waals surface area contributed by atoms with E-state index in [1.165, 1.54) is 11.1 Å². The van der Waals surface area contributed by atoms with E-state index in [-0.39, 0.29) is 0 Å². The lowest BCUT2D eigenvalue weighted by Crippen LogP contribution is -2.08. The summed E-state index contributed by atoms with van der Waals surface area (Å²) in [6, 6.07) is 4.27. The lowest BCUT2D eigenvalue weighted by Gasteiger charge is -2.20. The molecule has 0 aromatic heterocycles. The standard InChI is InChI=1S/C18H26O2/c1-3-5-13-19-17-12-11-15-9-7-8-10-16(15)18(17)20-14-6-4-2/h7-8,11-12H,3-6,9-10,13-14H2,1-2H3. The Morgan fingerprint density at radius 3 is 2.35 bits per heavy atom. The average molecular weight is 274 g/mol. The predicted molar refractivity (Wildman–Crippen MR) is 83.8 cm³/mol. The largest absolute Gasteiger partial charge is 0.490 e. The maximum absolute atomic E-state index is 6.05. The van der Waals surface area contributed by atoms with Crippen LogP contribution >= 0.6 is 0 Å². The highest BCUT2D eigenvalue weighted by atomic mass is 16.5. The average Bonchev–Trinajstić information content (AvgIpc) is 2.49. The second-order valence-corrected chi connectivity index (χ2v) is 5.31. The molecule has 0 bridgehead atoms. The van der Waals surface area contributed by atoms with Crippen LogP contribution in [0.5, 0.6) is 11.5 Å². The number of allylic oxidation sites excluding steroid dienone is 2. The minimum absolute atomic E-state index is 0.773. The minimum Gasteiger partial charge on any atom is -0.490 e. The molecule has 2 heteroatoms. The van der Waals surface area contributed by atoms with E-state index >= 15 is 0 Å². The van der Waals surface area contributed by atoms with Gasteiger partial charge in [0.15, 0.2) is 11.5 Å². The molecule has 2 rings (SSSR count). The highest BCUT2D eigenvalue weighted by Crippen LogP contribution is 2.36. The smallest absolute Gasteiger partial charge is 0.164 e. The Hall–Kier alpha value is -1.44. The molecular weight excluding hydrogens is 248 g/mol. The fraction of sp³-hybridized carbons (Fsp3) is 0.556. The van der Waals surface area contributed by atoms with Gasteiger partial charge in [-0.2, -0.15) is 0 Å². The molecule has 0 aliphatic heterocycles. The highest BCUT2D eigenvalue weighted by Gasteiger charge is 2.16. The van der Waals surface area contributed by atoms with Gasteiger partial charge >= 0.3 is 0 Å². The molecule has 0 amide bonds. The van der Waals surface area contributed by atoms with Crippen molar-refractivity contribution in [2.45, 2.75) is 52.4 Å². The molecule has 0 atom stereocenters. The second kappa shape index (κ2) is 7.98. The lowest BCUT2D eigenvalue weighted by atomic mass is 9.95. The van der Waals surface area contributed by atoms with Crippen LogP contribution in [0.2, 0.25) is 0 Å². The first-order valence-electron chi connectivity index (χ1n) is 7.92. The molecule has 1 aromatic carbocycles. The molecule has 110 valence electrons. The van der Waals surface area contributed by atoms with Gasteiger partial charge in [-0.1, -0.05) is 44.9 Å². The summed E-state index contributed by atoms with van der Waals surface area (Å²) in [5.74, 6) is 1.90. The van der Waals surface area contributed by atoms with Crippen molar-refractivity contribution < 1.29 is 9.47 Å². The van der Waals surface area contributed by atoms with Gasteiger partial charge < -0.3 is 9.47 Å². The van der Waals surface area contributed by atoms with Crippen LogP contribution in [0.1, 0.15) is 50.7 Å². The first-order chi connectivity index (χ1) is 9.86. The van der Waals surface area contributed by atoms with Gasteiger partial charge in [0, 0.05) is 5.56 Å². The van der Waals surface area contributed by atoms with Crippen LogP contribution < -0.4 is 9.47 Å². The van der Waals surface area contributed by atoms with Gasteiger partial charge in [-0.05, 0) is 37.3 Å². The zero-order valence-corrected chi connectivity index (χ0v) is 12.8. The molecule has 0 N–H and O–H groups in total. The molecule has 0 unspecified atom stereocenters. The number of benzene rings is 1. The molecule has 0 spiro atoms. The molecular formula is C18H26O2. The van der Waals surface area contributed by atoms with E-state index in [4.69, 9.17) is 9.47 Å². The van der Waals surface area contributed by atoms with Crippen molar-refractivity contribution in [2.75, 3.05) is 13.2 Å². The number of hydrogen-bond acceptors (Lipinski definition) is 2. The minimum atomic E-state index is 0.773. The molecule has 2 nitrogen and oxygen atoms in total. The van der Waals surface area contributed by atoms with Crippen LogP contribution in [-0.2, 0) is 12.8 Å². The molecule has 1 aromatic rings. The Balaban J connectivity index is 2.16. The molecule has 0 heterocycles. The van der Waals surface area contributed by atoms with Gasteiger partial charge in [0.05, 0.1) is 13.2 Å². The summed E-state index contributed by atoms with van der Waals surface area (Å²) in [5.41, 5.74) is 2.69. The molecule has 20 heavy (non-hydrogen) atoms. The Morgan fingerprint density at radius 1 is 0.900 bits per heavy atom. The van der Waals surface area contributed by atoms with E-state index in [1.54, 1.807) is 0 Å². The quantitative estimate of drug-likeness (QED) is 0.505. The van der Waals surface area contributed by atoms with Crippen LogP contribution in [0.25, 0.3) is 0 Å². The third-order valence-electron chi connectivity index (χ3n) is 3.65. The Bertz CT molecular complexity index is 449. The highest BCUT2D eigenvalue weighted by molar-refractivity contribution is 5.53. The molecule has 0 fully saturated rings. The van der Waals surface area contributed by atoms with Gasteiger partial charge in [-0.3, -0.25) is 0 Å². The second-order valence-electron chi connectivity index (χ2n) is 5.31. The van der Waals surface area contributed by atoms with Crippen molar-refractivity contribution in [1.29, 1.82) is 0 Å². The van der Waals surface area contributed by atoms with E-state index in [9.17, 15) is 0 Å². The Kier molecular flexibility index (Phi) is 5.97. The first-order valence-corrected chi connectivity index (χ1v) is 7.92. The van der Waals surface area contributed by atoms with Gasteiger partial charge in [0.2, 0.25) is 0 Å². The Labute approximate surface area is 122 Å². The van der Waals surface area contributed by atoms with E-state index in [0.717, 1.165) is 63.2 Å². The summed E-state index contributed by atoms with van der Waals surface area (Å²) in [4.78, 5) is 0. The van der Waals surface area contributed by atoms with Crippen molar-refractivity contribution in [3.8, 4) is 11.5 Å². The zero-order chi connectivity index (χ0) is 14.2. The third-order valence-corrected chi connectivity index (χ3v) is 3.65. The van der Waals surface area contributed by atoms with Crippen molar-refractivity contribution in [3.05, 3.63) is 35.4 Å². The van der Waals surface area contributed by atoms with E-state index < -0.39 is 0 Å². The fourth-order valence-corrected chi connectivity index (χ4v) is 2.39. The predicted octanol–water partition coefficient (Wildman–Crippen LogP) is 4.70. The van der Waals surface area contributed by atoms with Crippen molar-refractivity contribution in [1.82, 2.24) is 0 Å². The molecule has 1 aliphatic carbocycles. The molecule has 1 aliphatic rings. The van der Waals surface area contributed by atoms with E-state index in [2.05, 4.69) is 38.1 Å². The van der Waals surface area contributed by atoms with Crippen molar-refractivity contribution >= 4 is 0 Å². The molecule has 0 saturated heterocycles. The fourth-order valence-electron chi connectivity index (χ4n) is 2.39. The van der Waals surface area contributed by atoms with Crippen molar-refractivity contribution in [2.24, 2.45) is 0 Å². The molecule has 0 radical (unpaired) electrons. The van der Waals surface area contributed by atoms with Gasteiger partial charge in [-0.25, -0.2) is 0 Å². The summed E-state index contributed by atoms with van der Waals surface area (Å²) in [5, 5.41) is 0. The first kappa shape index (κ1) is 15.0. The lowest BCUT2D eigenvalue weighted by molar-refractivity contribution is 0.260. The van der Waals surface area contributed by atoms with Crippen LogP contribution in [-0.4, -0.2) is 13.2 Å². The van der Waals surface area contributed by atoms with E-state index in [0.29, 0.717) is 0 Å². The van der Waals surface area contributed by atoms with Crippen LogP contribution in [0.15, 0.2) is 24.3 Å². The summed E-state index contributed by atoms with van der Waals surface area (Å²) < 4.78 is 12.0. The summed E-state index contributed by atoms with van der Waals surface area (Å²) >= 11 is 0. The van der Waals surface area contributed by atoms with Crippen molar-refractivity contribution in [3.63, 3.8) is 0 Å². The summed E-state index contributed by atoms with van der Waals surface area (Å²) in [7, 11) is 0. The SMILES string of the molecule is CCCCOc1ccc2c(c1OCCCC)CC=CC2. The van der Waals surface area contributed by atoms with Crippen LogP contribution in [0.3, 0.4) is 0 Å². The topological polar surface area (TPSA) is 18.5 Å². The number of hydrogen-bond donors (Lipinski definition) is 0. The van der Waals surface area contributed by atoms with Crippen LogP contribution in [0.4, 0.5) is 0 Å². The number of rotatable bonds is 8. The van der Waals surface area contributed by atoms with Gasteiger partial charge in [0.25, 0.3) is 0 Å².